The molecule has 1 aliphatic rings. The lowest BCUT2D eigenvalue weighted by molar-refractivity contribution is -0.301. The van der Waals surface area contributed by atoms with E-state index < -0.39 is 59.8 Å². The largest absolute Gasteiger partial charge is 0.457 e. The van der Waals surface area contributed by atoms with Gasteiger partial charge >= 0.3 is 16.4 Å². The van der Waals surface area contributed by atoms with Gasteiger partial charge in [-0.2, -0.15) is 8.42 Å². The van der Waals surface area contributed by atoms with Crippen molar-refractivity contribution in [3.05, 3.63) is 48.6 Å². The summed E-state index contributed by atoms with van der Waals surface area (Å²) in [7, 11) is -5.07. The molecule has 1 heterocycles. The summed E-state index contributed by atoms with van der Waals surface area (Å²) in [4.78, 5) is 13.0. The number of carbonyl (C=O) groups excluding carboxylic acids is 1. The molecule has 0 aromatic heterocycles. The molecule has 6 unspecified atom stereocenters. The van der Waals surface area contributed by atoms with Crippen LogP contribution >= 0.6 is 0 Å². The minimum absolute atomic E-state index is 0.0368. The van der Waals surface area contributed by atoms with E-state index in [9.17, 15) is 33.1 Å². The summed E-state index contributed by atoms with van der Waals surface area (Å²) in [6, 6.07) is 0. The Morgan fingerprint density at radius 3 is 1.44 bits per heavy atom. The predicted octanol–water partition coefficient (Wildman–Crippen LogP) is 13.9. The van der Waals surface area contributed by atoms with Gasteiger partial charge < -0.3 is 34.3 Å². The molecular formula is C57H104O12S. The highest BCUT2D eigenvalue weighted by Crippen LogP contribution is 2.26. The zero-order valence-corrected chi connectivity index (χ0v) is 45.1. The van der Waals surface area contributed by atoms with Crippen molar-refractivity contribution in [1.82, 2.24) is 0 Å². The van der Waals surface area contributed by atoms with E-state index in [1.807, 2.05) is 0 Å². The first-order valence-corrected chi connectivity index (χ1v) is 29.8. The van der Waals surface area contributed by atoms with Crippen molar-refractivity contribution in [2.24, 2.45) is 0 Å². The van der Waals surface area contributed by atoms with Gasteiger partial charge in [-0.05, 0) is 51.4 Å². The summed E-state index contributed by atoms with van der Waals surface area (Å²) in [5, 5.41) is 30.8. The standard InChI is InChI=1S/C57H104O12S/c1-3-5-7-9-11-13-15-17-19-21-23-25-26-27-28-30-32-34-36-38-40-42-44-46-53(59)67-51(50-66-57-55(61)56(69-70(62,63)64)54(60)52(48-58)68-57)49-65-47-45-43-41-39-37-35-33-31-29-24-22-20-18-16-14-12-10-8-6-4-2/h5,7,11,13,17,19,23,25,51-52,54-58,60-61H,3-4,6,8-10,12,14-16,18,20-22,24,26-50H2,1-2H3,(H,62,63,64)/b7-5-,13-11-,19-17-,25-23-. The van der Waals surface area contributed by atoms with Crippen LogP contribution in [0.3, 0.4) is 0 Å². The maximum Gasteiger partial charge on any atom is 0.397 e. The first kappa shape index (κ1) is 66.1. The second-order valence-electron chi connectivity index (χ2n) is 19.5. The third-order valence-corrected chi connectivity index (χ3v) is 13.4. The van der Waals surface area contributed by atoms with Gasteiger partial charge in [0.2, 0.25) is 0 Å². The van der Waals surface area contributed by atoms with Gasteiger partial charge in [0.1, 0.15) is 30.5 Å². The SMILES string of the molecule is CC/C=C\C/C=C\C/C=C\C/C=C\CCCCCCCCCCCCC(=O)OC(COCCCCCCCCCCCCCCCCCCCCCC)COC1OC(CO)C(O)C(OS(=O)(=O)O)C1O. The number of esters is 1. The number of aliphatic hydroxyl groups is 3. The number of hydrogen-bond donors (Lipinski definition) is 4. The fourth-order valence-corrected chi connectivity index (χ4v) is 9.23. The monoisotopic (exact) mass is 1010 g/mol. The Morgan fingerprint density at radius 1 is 0.557 bits per heavy atom. The van der Waals surface area contributed by atoms with Gasteiger partial charge in [-0.3, -0.25) is 9.35 Å². The van der Waals surface area contributed by atoms with Crippen molar-refractivity contribution in [2.75, 3.05) is 26.4 Å². The van der Waals surface area contributed by atoms with Crippen LogP contribution in [0, 0.1) is 0 Å². The summed E-state index contributed by atoms with van der Waals surface area (Å²) in [6.07, 6.45) is 51.4. The number of ether oxygens (including phenoxy) is 4. The third kappa shape index (κ3) is 40.5. The highest BCUT2D eigenvalue weighted by Gasteiger charge is 2.48. The molecule has 0 spiro atoms. The van der Waals surface area contributed by atoms with Crippen LogP contribution in [0.5, 0.6) is 0 Å². The first-order valence-electron chi connectivity index (χ1n) is 28.4. The Labute approximate surface area is 427 Å². The predicted molar refractivity (Wildman–Crippen MR) is 285 cm³/mol. The molecule has 0 aliphatic carbocycles. The summed E-state index contributed by atoms with van der Waals surface area (Å²) < 4.78 is 59.4. The van der Waals surface area contributed by atoms with Crippen LogP contribution in [-0.4, -0.2) is 97.5 Å². The molecule has 0 amide bonds. The summed E-state index contributed by atoms with van der Waals surface area (Å²) in [6.45, 7) is 3.92. The van der Waals surface area contributed by atoms with Crippen molar-refractivity contribution in [3.8, 4) is 0 Å². The van der Waals surface area contributed by atoms with Crippen molar-refractivity contribution in [2.45, 2.75) is 282 Å². The van der Waals surface area contributed by atoms with Crippen LogP contribution < -0.4 is 0 Å². The van der Waals surface area contributed by atoms with Gasteiger partial charge in [-0.25, -0.2) is 4.18 Å². The molecule has 0 saturated carbocycles. The first-order chi connectivity index (χ1) is 34.1. The molecule has 70 heavy (non-hydrogen) atoms. The van der Waals surface area contributed by atoms with Crippen LogP contribution in [-0.2, 0) is 38.3 Å². The molecule has 4 N–H and O–H groups in total. The molecule has 6 atom stereocenters. The molecule has 0 aromatic rings. The Morgan fingerprint density at radius 2 is 0.986 bits per heavy atom. The van der Waals surface area contributed by atoms with E-state index in [1.54, 1.807) is 0 Å². The molecule has 1 fully saturated rings. The van der Waals surface area contributed by atoms with Gasteiger partial charge in [0.05, 0.1) is 19.8 Å². The molecule has 1 aliphatic heterocycles. The van der Waals surface area contributed by atoms with Gasteiger partial charge in [-0.1, -0.05) is 236 Å². The number of allylic oxidation sites excluding steroid dienone is 8. The topological polar surface area (TPSA) is 178 Å². The molecular weight excluding hydrogens is 909 g/mol. The van der Waals surface area contributed by atoms with Gasteiger partial charge in [0, 0.05) is 13.0 Å². The molecule has 13 heteroatoms. The van der Waals surface area contributed by atoms with Crippen LogP contribution in [0.1, 0.15) is 245 Å². The van der Waals surface area contributed by atoms with Gasteiger partial charge in [0.25, 0.3) is 0 Å². The summed E-state index contributed by atoms with van der Waals surface area (Å²) in [5.74, 6) is -0.400. The van der Waals surface area contributed by atoms with E-state index in [0.29, 0.717) is 13.0 Å². The highest BCUT2D eigenvalue weighted by atomic mass is 32.3. The average Bonchev–Trinajstić information content (AvgIpc) is 3.34. The van der Waals surface area contributed by atoms with E-state index >= 15 is 0 Å². The van der Waals surface area contributed by atoms with E-state index in [4.69, 9.17) is 18.9 Å². The van der Waals surface area contributed by atoms with Crippen molar-refractivity contribution >= 4 is 16.4 Å². The molecule has 0 aromatic carbocycles. The second kappa shape index (κ2) is 48.0. The molecule has 0 bridgehead atoms. The number of hydrogen-bond acceptors (Lipinski definition) is 11. The molecule has 1 rings (SSSR count). The highest BCUT2D eigenvalue weighted by molar-refractivity contribution is 7.80. The zero-order chi connectivity index (χ0) is 51.0. The maximum absolute atomic E-state index is 13.0. The Kier molecular flexibility index (Phi) is 45.3. The fraction of sp³-hybridized carbons (Fsp3) is 0.842. The van der Waals surface area contributed by atoms with E-state index in [0.717, 1.165) is 70.6 Å². The Hall–Kier alpha value is -1.94. The molecule has 1 saturated heterocycles. The lowest BCUT2D eigenvalue weighted by atomic mass is 9.99. The lowest BCUT2D eigenvalue weighted by Crippen LogP contribution is -2.60. The van der Waals surface area contributed by atoms with E-state index in [2.05, 4.69) is 66.6 Å². The van der Waals surface area contributed by atoms with Crippen molar-refractivity contribution < 1.29 is 56.2 Å². The smallest absolute Gasteiger partial charge is 0.397 e. The lowest BCUT2D eigenvalue weighted by Gasteiger charge is -2.41. The quantitative estimate of drug-likeness (QED) is 0.0196. The van der Waals surface area contributed by atoms with Crippen molar-refractivity contribution in [1.29, 1.82) is 0 Å². The minimum Gasteiger partial charge on any atom is -0.457 e. The normalized spacial score (nSPS) is 19.4. The molecule has 410 valence electrons. The Bertz CT molecular complexity index is 1400. The van der Waals surface area contributed by atoms with Gasteiger partial charge in [-0.15, -0.1) is 0 Å². The zero-order valence-electron chi connectivity index (χ0n) is 44.3. The maximum atomic E-state index is 13.0. The third-order valence-electron chi connectivity index (χ3n) is 13.0. The number of aliphatic hydroxyl groups excluding tert-OH is 3. The summed E-state index contributed by atoms with van der Waals surface area (Å²) in [5.41, 5.74) is 0. The van der Waals surface area contributed by atoms with Crippen LogP contribution in [0.2, 0.25) is 0 Å². The average molecular weight is 1010 g/mol. The van der Waals surface area contributed by atoms with Crippen LogP contribution in [0.15, 0.2) is 48.6 Å². The van der Waals surface area contributed by atoms with E-state index in [-0.39, 0.29) is 19.6 Å². The van der Waals surface area contributed by atoms with Crippen LogP contribution in [0.25, 0.3) is 0 Å². The number of carbonyl (C=O) groups is 1. The van der Waals surface area contributed by atoms with E-state index in [1.165, 1.54) is 148 Å². The second-order valence-corrected chi connectivity index (χ2v) is 20.6. The Balaban J connectivity index is 2.30. The number of unbranched alkanes of at least 4 members (excludes halogenated alkanes) is 29. The van der Waals surface area contributed by atoms with Crippen LogP contribution in [0.4, 0.5) is 0 Å². The van der Waals surface area contributed by atoms with Gasteiger partial charge in [0.15, 0.2) is 6.29 Å². The minimum atomic E-state index is -5.07. The summed E-state index contributed by atoms with van der Waals surface area (Å²) >= 11 is 0. The molecule has 0 radical (unpaired) electrons. The molecule has 12 nitrogen and oxygen atoms in total. The number of rotatable bonds is 50. The fourth-order valence-electron chi connectivity index (χ4n) is 8.73. The van der Waals surface area contributed by atoms with Crippen molar-refractivity contribution in [3.63, 3.8) is 0 Å².